The predicted octanol–water partition coefficient (Wildman–Crippen LogP) is 5.83. The van der Waals surface area contributed by atoms with Crippen molar-refractivity contribution in [1.82, 2.24) is 5.32 Å². The third kappa shape index (κ3) is 10.4. The molecule has 0 saturated carbocycles. The molecule has 0 amide bonds. The zero-order valence-electron chi connectivity index (χ0n) is 13.4. The molecule has 0 radical (unpaired) electrons. The van der Waals surface area contributed by atoms with Gasteiger partial charge in [-0.25, -0.2) is 0 Å². The second-order valence-corrected chi connectivity index (χ2v) is 6.47. The largest absolute Gasteiger partial charge is 0.314 e. The molecular formula is C18H37N. The fourth-order valence-corrected chi connectivity index (χ4v) is 3.23. The van der Waals surface area contributed by atoms with Crippen molar-refractivity contribution in [3.8, 4) is 0 Å². The molecule has 1 heteroatoms. The van der Waals surface area contributed by atoms with E-state index in [2.05, 4.69) is 12.2 Å². The number of piperidine rings is 1. The van der Waals surface area contributed by atoms with Crippen LogP contribution >= 0.6 is 0 Å². The van der Waals surface area contributed by atoms with Crippen LogP contribution in [0.5, 0.6) is 0 Å². The highest BCUT2D eigenvalue weighted by molar-refractivity contribution is 4.71. The van der Waals surface area contributed by atoms with E-state index in [0.29, 0.717) is 0 Å². The lowest BCUT2D eigenvalue weighted by atomic mass is 9.98. The molecule has 114 valence electrons. The molecule has 0 aromatic rings. The van der Waals surface area contributed by atoms with E-state index < -0.39 is 0 Å². The highest BCUT2D eigenvalue weighted by Gasteiger charge is 2.11. The first-order valence-corrected chi connectivity index (χ1v) is 9.17. The van der Waals surface area contributed by atoms with Crippen LogP contribution in [0.2, 0.25) is 0 Å². The van der Waals surface area contributed by atoms with Crippen molar-refractivity contribution in [2.24, 2.45) is 0 Å². The van der Waals surface area contributed by atoms with Crippen molar-refractivity contribution in [1.29, 1.82) is 0 Å². The van der Waals surface area contributed by atoms with E-state index in [9.17, 15) is 0 Å². The summed E-state index contributed by atoms with van der Waals surface area (Å²) < 4.78 is 0. The van der Waals surface area contributed by atoms with E-state index in [-0.39, 0.29) is 0 Å². The van der Waals surface area contributed by atoms with Crippen LogP contribution < -0.4 is 5.32 Å². The van der Waals surface area contributed by atoms with Crippen molar-refractivity contribution in [3.05, 3.63) is 0 Å². The minimum atomic E-state index is 0.854. The van der Waals surface area contributed by atoms with Gasteiger partial charge in [-0.15, -0.1) is 0 Å². The van der Waals surface area contributed by atoms with E-state index in [1.165, 1.54) is 103 Å². The SMILES string of the molecule is CCCCCCCCCCCCC[C@H]1CCCCN1. The summed E-state index contributed by atoms with van der Waals surface area (Å²) in [6, 6.07) is 0.854. The molecular weight excluding hydrogens is 230 g/mol. The standard InChI is InChI=1S/C18H37N/c1-2-3-4-5-6-7-8-9-10-11-12-15-18-16-13-14-17-19-18/h18-19H,2-17H2,1H3/t18-/m0/s1. The van der Waals surface area contributed by atoms with E-state index in [0.717, 1.165) is 6.04 Å². The van der Waals surface area contributed by atoms with Gasteiger partial charge in [0, 0.05) is 6.04 Å². The summed E-state index contributed by atoms with van der Waals surface area (Å²) in [6.07, 6.45) is 21.8. The Morgan fingerprint density at radius 2 is 1.32 bits per heavy atom. The zero-order chi connectivity index (χ0) is 13.6. The van der Waals surface area contributed by atoms with Gasteiger partial charge in [0.25, 0.3) is 0 Å². The molecule has 1 saturated heterocycles. The number of nitrogens with one attached hydrogen (secondary N) is 1. The van der Waals surface area contributed by atoms with Crippen molar-refractivity contribution in [2.75, 3.05) is 6.54 Å². The van der Waals surface area contributed by atoms with Crippen LogP contribution in [0.4, 0.5) is 0 Å². The van der Waals surface area contributed by atoms with Gasteiger partial charge in [0.05, 0.1) is 0 Å². The van der Waals surface area contributed by atoms with Gasteiger partial charge in [0.2, 0.25) is 0 Å². The Labute approximate surface area is 121 Å². The molecule has 0 aromatic carbocycles. The summed E-state index contributed by atoms with van der Waals surface area (Å²) in [4.78, 5) is 0. The smallest absolute Gasteiger partial charge is 0.00670 e. The summed E-state index contributed by atoms with van der Waals surface area (Å²) >= 11 is 0. The maximum absolute atomic E-state index is 3.65. The first-order chi connectivity index (χ1) is 9.43. The summed E-state index contributed by atoms with van der Waals surface area (Å²) in [5, 5.41) is 3.65. The Morgan fingerprint density at radius 1 is 0.737 bits per heavy atom. The molecule has 1 aliphatic rings. The maximum Gasteiger partial charge on any atom is 0.00670 e. The van der Waals surface area contributed by atoms with Gasteiger partial charge < -0.3 is 5.32 Å². The number of hydrogen-bond acceptors (Lipinski definition) is 1. The molecule has 1 atom stereocenters. The average molecular weight is 268 g/mol. The molecule has 1 N–H and O–H groups in total. The van der Waals surface area contributed by atoms with Gasteiger partial charge in [-0.2, -0.15) is 0 Å². The Kier molecular flexibility index (Phi) is 11.6. The summed E-state index contributed by atoms with van der Waals surface area (Å²) in [7, 11) is 0. The molecule has 0 aliphatic carbocycles. The minimum Gasteiger partial charge on any atom is -0.314 e. The molecule has 0 spiro atoms. The van der Waals surface area contributed by atoms with Gasteiger partial charge in [0.1, 0.15) is 0 Å². The quantitative estimate of drug-likeness (QED) is 0.439. The Hall–Kier alpha value is -0.0400. The van der Waals surface area contributed by atoms with E-state index in [4.69, 9.17) is 0 Å². The summed E-state index contributed by atoms with van der Waals surface area (Å²) in [5.41, 5.74) is 0. The Morgan fingerprint density at radius 3 is 1.84 bits per heavy atom. The third-order valence-electron chi connectivity index (χ3n) is 4.57. The van der Waals surface area contributed by atoms with Gasteiger partial charge in [0.15, 0.2) is 0 Å². The molecule has 0 bridgehead atoms. The topological polar surface area (TPSA) is 12.0 Å². The van der Waals surface area contributed by atoms with Crippen LogP contribution in [0.15, 0.2) is 0 Å². The van der Waals surface area contributed by atoms with Gasteiger partial charge in [-0.1, -0.05) is 84.0 Å². The molecule has 1 rings (SSSR count). The minimum absolute atomic E-state index is 0.854. The van der Waals surface area contributed by atoms with Gasteiger partial charge >= 0.3 is 0 Å². The van der Waals surface area contributed by atoms with Crippen LogP contribution in [0.1, 0.15) is 103 Å². The number of hydrogen-bond donors (Lipinski definition) is 1. The second-order valence-electron chi connectivity index (χ2n) is 6.47. The Bertz CT molecular complexity index is 173. The molecule has 1 heterocycles. The lowest BCUT2D eigenvalue weighted by molar-refractivity contribution is 0.370. The molecule has 19 heavy (non-hydrogen) atoms. The first kappa shape index (κ1) is 17.0. The van der Waals surface area contributed by atoms with Crippen LogP contribution in [-0.4, -0.2) is 12.6 Å². The average Bonchev–Trinajstić information content (AvgIpc) is 2.46. The Balaban J connectivity index is 1.71. The van der Waals surface area contributed by atoms with E-state index >= 15 is 0 Å². The fourth-order valence-electron chi connectivity index (χ4n) is 3.23. The zero-order valence-corrected chi connectivity index (χ0v) is 13.4. The number of rotatable bonds is 12. The predicted molar refractivity (Wildman–Crippen MR) is 86.7 cm³/mol. The first-order valence-electron chi connectivity index (χ1n) is 9.17. The highest BCUT2D eigenvalue weighted by atomic mass is 14.9. The normalized spacial score (nSPS) is 19.7. The van der Waals surface area contributed by atoms with Gasteiger partial charge in [-0.05, 0) is 25.8 Å². The van der Waals surface area contributed by atoms with Crippen LogP contribution in [-0.2, 0) is 0 Å². The monoisotopic (exact) mass is 267 g/mol. The maximum atomic E-state index is 3.65. The van der Waals surface area contributed by atoms with Crippen molar-refractivity contribution >= 4 is 0 Å². The van der Waals surface area contributed by atoms with E-state index in [1.807, 2.05) is 0 Å². The van der Waals surface area contributed by atoms with Gasteiger partial charge in [-0.3, -0.25) is 0 Å². The van der Waals surface area contributed by atoms with Crippen molar-refractivity contribution in [3.63, 3.8) is 0 Å². The lowest BCUT2D eigenvalue weighted by Crippen LogP contribution is -2.33. The fraction of sp³-hybridized carbons (Fsp3) is 1.00. The number of unbranched alkanes of at least 4 members (excludes halogenated alkanes) is 10. The van der Waals surface area contributed by atoms with E-state index in [1.54, 1.807) is 0 Å². The molecule has 1 nitrogen and oxygen atoms in total. The molecule has 1 aliphatic heterocycles. The summed E-state index contributed by atoms with van der Waals surface area (Å²) in [6.45, 7) is 3.56. The van der Waals surface area contributed by atoms with Crippen LogP contribution in [0, 0.1) is 0 Å². The van der Waals surface area contributed by atoms with Crippen LogP contribution in [0.3, 0.4) is 0 Å². The molecule has 0 aromatic heterocycles. The van der Waals surface area contributed by atoms with Crippen LogP contribution in [0.25, 0.3) is 0 Å². The van der Waals surface area contributed by atoms with Crippen molar-refractivity contribution in [2.45, 2.75) is 109 Å². The lowest BCUT2D eigenvalue weighted by Gasteiger charge is -2.23. The molecule has 1 fully saturated rings. The highest BCUT2D eigenvalue weighted by Crippen LogP contribution is 2.15. The second kappa shape index (κ2) is 13.0. The molecule has 0 unspecified atom stereocenters. The van der Waals surface area contributed by atoms with Crippen molar-refractivity contribution < 1.29 is 0 Å². The summed E-state index contributed by atoms with van der Waals surface area (Å²) in [5.74, 6) is 0. The third-order valence-corrected chi connectivity index (χ3v) is 4.57.